The topological polar surface area (TPSA) is 64.3 Å². The van der Waals surface area contributed by atoms with Crippen LogP contribution in [-0.4, -0.2) is 31.7 Å². The zero-order valence-corrected chi connectivity index (χ0v) is 11.6. The molecule has 0 aromatic heterocycles. The Morgan fingerprint density at radius 3 is 3.00 bits per heavy atom. The summed E-state index contributed by atoms with van der Waals surface area (Å²) in [7, 11) is 0. The molecule has 1 heterocycles. The monoisotopic (exact) mass is 262 g/mol. The lowest BCUT2D eigenvalue weighted by Crippen LogP contribution is -2.50. The summed E-state index contributed by atoms with van der Waals surface area (Å²) in [5, 5.41) is 2.96. The molecular weight excluding hydrogens is 240 g/mol. The van der Waals surface area contributed by atoms with Gasteiger partial charge in [0.25, 0.3) is 0 Å². The molecule has 4 heteroatoms. The summed E-state index contributed by atoms with van der Waals surface area (Å²) in [5.74, 6) is -0.00912. The third kappa shape index (κ3) is 3.14. The Kier molecular flexibility index (Phi) is 4.22. The summed E-state index contributed by atoms with van der Waals surface area (Å²) in [4.78, 5) is 12.2. The number of carbonyl (C=O) groups is 1. The van der Waals surface area contributed by atoms with E-state index in [1.165, 1.54) is 11.1 Å². The van der Waals surface area contributed by atoms with E-state index in [2.05, 4.69) is 30.4 Å². The summed E-state index contributed by atoms with van der Waals surface area (Å²) >= 11 is 0. The average Bonchev–Trinajstić information content (AvgIpc) is 2.71. The quantitative estimate of drug-likeness (QED) is 0.851. The van der Waals surface area contributed by atoms with Crippen molar-refractivity contribution in [2.24, 2.45) is 11.1 Å². The molecule has 0 bridgehead atoms. The van der Waals surface area contributed by atoms with Gasteiger partial charge in [-0.2, -0.15) is 0 Å². The second kappa shape index (κ2) is 5.72. The smallest absolute Gasteiger partial charge is 0.229 e. The number of aryl methyl sites for hydroxylation is 1. The van der Waals surface area contributed by atoms with Gasteiger partial charge in [0.2, 0.25) is 5.91 Å². The van der Waals surface area contributed by atoms with Gasteiger partial charge in [-0.15, -0.1) is 0 Å². The van der Waals surface area contributed by atoms with Gasteiger partial charge in [0.1, 0.15) is 0 Å². The summed E-state index contributed by atoms with van der Waals surface area (Å²) in [5.41, 5.74) is 7.81. The largest absolute Gasteiger partial charge is 0.379 e. The maximum atomic E-state index is 12.2. The maximum absolute atomic E-state index is 12.2. The Hall–Kier alpha value is -1.39. The molecule has 1 aliphatic heterocycles. The van der Waals surface area contributed by atoms with Crippen LogP contribution in [0.1, 0.15) is 18.1 Å². The van der Waals surface area contributed by atoms with Crippen LogP contribution in [-0.2, 0) is 16.0 Å². The summed E-state index contributed by atoms with van der Waals surface area (Å²) in [6.45, 7) is 5.43. The zero-order chi connectivity index (χ0) is 13.9. The predicted molar refractivity (Wildman–Crippen MR) is 74.8 cm³/mol. The van der Waals surface area contributed by atoms with Crippen molar-refractivity contribution >= 4 is 5.91 Å². The molecular formula is C15H22N2O2. The normalized spacial score (nSPS) is 26.4. The van der Waals surface area contributed by atoms with Crippen molar-refractivity contribution < 1.29 is 9.53 Å². The SMILES string of the molecule is Cc1cccc(CCNC(=O)C2(C)COCC2N)c1. The number of nitrogens with one attached hydrogen (secondary N) is 1. The van der Waals surface area contributed by atoms with Crippen LogP contribution in [0.15, 0.2) is 24.3 Å². The molecule has 1 aromatic rings. The number of hydrogen-bond acceptors (Lipinski definition) is 3. The first kappa shape index (κ1) is 14.0. The van der Waals surface area contributed by atoms with Crippen LogP contribution in [0.5, 0.6) is 0 Å². The molecule has 0 radical (unpaired) electrons. The second-order valence-electron chi connectivity index (χ2n) is 5.53. The van der Waals surface area contributed by atoms with E-state index in [-0.39, 0.29) is 11.9 Å². The van der Waals surface area contributed by atoms with Gasteiger partial charge in [0.05, 0.1) is 18.6 Å². The molecule has 4 nitrogen and oxygen atoms in total. The highest BCUT2D eigenvalue weighted by Gasteiger charge is 2.44. The first-order chi connectivity index (χ1) is 9.02. The number of hydrogen-bond donors (Lipinski definition) is 2. The maximum Gasteiger partial charge on any atom is 0.229 e. The zero-order valence-electron chi connectivity index (χ0n) is 11.6. The van der Waals surface area contributed by atoms with E-state index >= 15 is 0 Å². The highest BCUT2D eigenvalue weighted by Crippen LogP contribution is 2.26. The molecule has 0 spiro atoms. The van der Waals surface area contributed by atoms with Crippen LogP contribution in [0.4, 0.5) is 0 Å². The number of ether oxygens (including phenoxy) is 1. The van der Waals surface area contributed by atoms with Crippen molar-refractivity contribution in [1.82, 2.24) is 5.32 Å². The van der Waals surface area contributed by atoms with E-state index in [1.54, 1.807) is 0 Å². The molecule has 19 heavy (non-hydrogen) atoms. The summed E-state index contributed by atoms with van der Waals surface area (Å²) in [6.07, 6.45) is 0.833. The van der Waals surface area contributed by atoms with Crippen LogP contribution in [0.2, 0.25) is 0 Å². The molecule has 1 aliphatic rings. The van der Waals surface area contributed by atoms with Crippen LogP contribution >= 0.6 is 0 Å². The fourth-order valence-corrected chi connectivity index (χ4v) is 2.31. The standard InChI is InChI=1S/C15H22N2O2/c1-11-4-3-5-12(8-11)6-7-17-14(18)15(2)10-19-9-13(15)16/h3-5,8,13H,6-7,9-10,16H2,1-2H3,(H,17,18). The minimum Gasteiger partial charge on any atom is -0.379 e. The highest BCUT2D eigenvalue weighted by atomic mass is 16.5. The van der Waals surface area contributed by atoms with Gasteiger partial charge in [-0.05, 0) is 25.8 Å². The second-order valence-corrected chi connectivity index (χ2v) is 5.53. The molecule has 1 fully saturated rings. The van der Waals surface area contributed by atoms with E-state index in [0.717, 1.165) is 6.42 Å². The van der Waals surface area contributed by atoms with Gasteiger partial charge in [-0.25, -0.2) is 0 Å². The van der Waals surface area contributed by atoms with Crippen LogP contribution in [0.3, 0.4) is 0 Å². The van der Waals surface area contributed by atoms with Crippen LogP contribution in [0.25, 0.3) is 0 Å². The highest BCUT2D eigenvalue weighted by molar-refractivity contribution is 5.83. The molecule has 3 N–H and O–H groups in total. The minimum atomic E-state index is -0.591. The Labute approximate surface area is 114 Å². The molecule has 104 valence electrons. The van der Waals surface area contributed by atoms with Crippen molar-refractivity contribution in [2.75, 3.05) is 19.8 Å². The Morgan fingerprint density at radius 1 is 1.58 bits per heavy atom. The third-order valence-electron chi connectivity index (χ3n) is 3.82. The van der Waals surface area contributed by atoms with Gasteiger partial charge in [0.15, 0.2) is 0 Å². The molecule has 2 rings (SSSR count). The van der Waals surface area contributed by atoms with Crippen molar-refractivity contribution in [2.45, 2.75) is 26.3 Å². The molecule has 1 aromatic carbocycles. The fraction of sp³-hybridized carbons (Fsp3) is 0.533. The van der Waals surface area contributed by atoms with E-state index in [1.807, 2.05) is 13.0 Å². The molecule has 2 unspecified atom stereocenters. The van der Waals surface area contributed by atoms with Gasteiger partial charge in [-0.3, -0.25) is 4.79 Å². The molecule has 1 saturated heterocycles. The number of nitrogens with two attached hydrogens (primary N) is 1. The van der Waals surface area contributed by atoms with Gasteiger partial charge < -0.3 is 15.8 Å². The van der Waals surface area contributed by atoms with E-state index in [0.29, 0.717) is 19.8 Å². The van der Waals surface area contributed by atoms with E-state index < -0.39 is 5.41 Å². The van der Waals surface area contributed by atoms with Crippen LogP contribution in [0, 0.1) is 12.3 Å². The number of benzene rings is 1. The Balaban J connectivity index is 1.84. The van der Waals surface area contributed by atoms with Crippen molar-refractivity contribution in [3.05, 3.63) is 35.4 Å². The molecule has 2 atom stereocenters. The summed E-state index contributed by atoms with van der Waals surface area (Å²) in [6, 6.07) is 8.10. The van der Waals surface area contributed by atoms with Crippen molar-refractivity contribution in [3.63, 3.8) is 0 Å². The van der Waals surface area contributed by atoms with Crippen LogP contribution < -0.4 is 11.1 Å². The molecule has 0 aliphatic carbocycles. The number of carbonyl (C=O) groups excluding carboxylic acids is 1. The van der Waals surface area contributed by atoms with E-state index in [4.69, 9.17) is 10.5 Å². The summed E-state index contributed by atoms with van der Waals surface area (Å²) < 4.78 is 5.29. The first-order valence-electron chi connectivity index (χ1n) is 6.69. The lowest BCUT2D eigenvalue weighted by Gasteiger charge is -2.25. The number of rotatable bonds is 4. The van der Waals surface area contributed by atoms with Gasteiger partial charge in [-0.1, -0.05) is 29.8 Å². The average molecular weight is 262 g/mol. The van der Waals surface area contributed by atoms with Crippen molar-refractivity contribution in [3.8, 4) is 0 Å². The number of amides is 1. The Morgan fingerprint density at radius 2 is 2.37 bits per heavy atom. The Bertz CT molecular complexity index is 461. The predicted octanol–water partition coefficient (Wildman–Crippen LogP) is 1.02. The van der Waals surface area contributed by atoms with Gasteiger partial charge >= 0.3 is 0 Å². The lowest BCUT2D eigenvalue weighted by molar-refractivity contribution is -0.130. The fourth-order valence-electron chi connectivity index (χ4n) is 2.31. The van der Waals surface area contributed by atoms with E-state index in [9.17, 15) is 4.79 Å². The molecule has 0 saturated carbocycles. The minimum absolute atomic E-state index is 0.00912. The first-order valence-corrected chi connectivity index (χ1v) is 6.69. The van der Waals surface area contributed by atoms with Crippen molar-refractivity contribution in [1.29, 1.82) is 0 Å². The third-order valence-corrected chi connectivity index (χ3v) is 3.82. The van der Waals surface area contributed by atoms with Gasteiger partial charge in [0, 0.05) is 12.6 Å². The molecule has 1 amide bonds. The lowest BCUT2D eigenvalue weighted by atomic mass is 9.85.